The van der Waals surface area contributed by atoms with E-state index in [4.69, 9.17) is 32.7 Å². The smallest absolute Gasteiger partial charge is 0.269 e. The van der Waals surface area contributed by atoms with Gasteiger partial charge in [0.05, 0.1) is 33.8 Å². The normalized spacial score (nSPS) is 10.8. The number of nitrogens with zero attached hydrogens (tertiary/aromatic N) is 3. The molecule has 0 aliphatic carbocycles. The second-order valence-corrected chi connectivity index (χ2v) is 6.38. The van der Waals surface area contributed by atoms with Crippen LogP contribution in [0, 0.1) is 10.1 Å². The molecule has 1 heterocycles. The van der Waals surface area contributed by atoms with Crippen molar-refractivity contribution in [3.63, 3.8) is 0 Å². The fraction of sp³-hybridized carbons (Fsp3) is 0.167. The van der Waals surface area contributed by atoms with Crippen molar-refractivity contribution in [2.24, 2.45) is 0 Å². The quantitative estimate of drug-likeness (QED) is 0.396. The molecule has 2 aromatic carbocycles. The number of halogens is 2. The first kappa shape index (κ1) is 19.2. The molecular formula is C18H15Cl2N3O4. The molecule has 0 atom stereocenters. The van der Waals surface area contributed by atoms with Crippen LogP contribution in [0.2, 0.25) is 10.0 Å². The zero-order valence-corrected chi connectivity index (χ0v) is 15.8. The van der Waals surface area contributed by atoms with Crippen LogP contribution in [0.5, 0.6) is 11.6 Å². The number of benzene rings is 2. The number of hydrogen-bond acceptors (Lipinski definition) is 5. The van der Waals surface area contributed by atoms with Gasteiger partial charge < -0.3 is 9.47 Å². The number of nitro benzene ring substituents is 1. The van der Waals surface area contributed by atoms with Gasteiger partial charge >= 0.3 is 0 Å². The van der Waals surface area contributed by atoms with Gasteiger partial charge in [0.25, 0.3) is 5.69 Å². The zero-order valence-electron chi connectivity index (χ0n) is 14.3. The van der Waals surface area contributed by atoms with Crippen LogP contribution in [0.4, 0.5) is 5.69 Å². The van der Waals surface area contributed by atoms with E-state index in [0.717, 1.165) is 11.3 Å². The number of methoxy groups -OCH3 is 1. The Bertz CT molecular complexity index is 958. The van der Waals surface area contributed by atoms with Crippen molar-refractivity contribution >= 4 is 28.9 Å². The van der Waals surface area contributed by atoms with Crippen LogP contribution in [0.3, 0.4) is 0 Å². The van der Waals surface area contributed by atoms with Crippen molar-refractivity contribution in [1.82, 2.24) is 9.78 Å². The highest BCUT2D eigenvalue weighted by Gasteiger charge is 2.14. The molecular weight excluding hydrogens is 393 g/mol. The summed E-state index contributed by atoms with van der Waals surface area (Å²) < 4.78 is 12.6. The largest absolute Gasteiger partial charge is 0.438 e. The van der Waals surface area contributed by atoms with Gasteiger partial charge in [-0.3, -0.25) is 14.8 Å². The third-order valence-electron chi connectivity index (χ3n) is 3.75. The molecule has 7 nitrogen and oxygen atoms in total. The molecule has 0 fully saturated rings. The van der Waals surface area contributed by atoms with E-state index in [1.54, 1.807) is 30.0 Å². The van der Waals surface area contributed by atoms with Crippen molar-refractivity contribution < 1.29 is 14.4 Å². The van der Waals surface area contributed by atoms with Gasteiger partial charge in [-0.2, -0.15) is 0 Å². The standard InChI is InChI=1S/C18H15Cl2N3O4/c1-26-9-8-22-17(12-2-7-15(19)16(20)10-12)11-18(21-22)27-14-5-3-13(4-6-14)23(24)25/h2-7,10-11H,8-9H2,1H3. The van der Waals surface area contributed by atoms with Crippen LogP contribution in [0.25, 0.3) is 11.3 Å². The first-order valence-corrected chi connectivity index (χ1v) is 8.68. The minimum Gasteiger partial charge on any atom is -0.438 e. The highest BCUT2D eigenvalue weighted by molar-refractivity contribution is 6.42. The molecule has 0 N–H and O–H groups in total. The summed E-state index contributed by atoms with van der Waals surface area (Å²) in [6.07, 6.45) is 0. The Labute approximate surface area is 165 Å². The van der Waals surface area contributed by atoms with Crippen LogP contribution in [0.1, 0.15) is 0 Å². The lowest BCUT2D eigenvalue weighted by molar-refractivity contribution is -0.384. The summed E-state index contributed by atoms with van der Waals surface area (Å²) >= 11 is 12.1. The number of aromatic nitrogens is 2. The second-order valence-electron chi connectivity index (χ2n) is 5.57. The number of ether oxygens (including phenoxy) is 2. The Kier molecular flexibility index (Phi) is 5.95. The molecule has 0 amide bonds. The molecule has 0 spiro atoms. The number of rotatable bonds is 7. The number of hydrogen-bond donors (Lipinski definition) is 0. The molecule has 140 valence electrons. The SMILES string of the molecule is COCCn1nc(Oc2ccc([N+](=O)[O-])cc2)cc1-c1ccc(Cl)c(Cl)c1. The fourth-order valence-corrected chi connectivity index (χ4v) is 2.73. The molecule has 0 aliphatic heterocycles. The topological polar surface area (TPSA) is 79.4 Å². The van der Waals surface area contributed by atoms with E-state index in [0.29, 0.717) is 34.8 Å². The maximum Gasteiger partial charge on any atom is 0.269 e. The third kappa shape index (κ3) is 4.57. The van der Waals surface area contributed by atoms with Crippen molar-refractivity contribution in [3.8, 4) is 22.9 Å². The van der Waals surface area contributed by atoms with Gasteiger partial charge in [0, 0.05) is 30.9 Å². The molecule has 3 rings (SSSR count). The maximum atomic E-state index is 10.7. The van der Waals surface area contributed by atoms with Crippen molar-refractivity contribution in [3.05, 3.63) is 68.7 Å². The van der Waals surface area contributed by atoms with Gasteiger partial charge in [0.15, 0.2) is 0 Å². The lowest BCUT2D eigenvalue weighted by atomic mass is 10.1. The Balaban J connectivity index is 1.90. The second kappa shape index (κ2) is 8.39. The van der Waals surface area contributed by atoms with Gasteiger partial charge in [-0.15, -0.1) is 5.10 Å². The predicted molar refractivity (Wildman–Crippen MR) is 103 cm³/mol. The average molecular weight is 408 g/mol. The molecule has 1 aromatic heterocycles. The lowest BCUT2D eigenvalue weighted by Crippen LogP contribution is -2.07. The summed E-state index contributed by atoms with van der Waals surface area (Å²) in [4.78, 5) is 10.3. The molecule has 0 aliphatic rings. The molecule has 0 saturated carbocycles. The first-order valence-electron chi connectivity index (χ1n) is 7.92. The average Bonchev–Trinajstić information content (AvgIpc) is 3.05. The summed E-state index contributed by atoms with van der Waals surface area (Å²) in [5.41, 5.74) is 1.60. The van der Waals surface area contributed by atoms with Crippen LogP contribution in [0.15, 0.2) is 48.5 Å². The molecule has 0 bridgehead atoms. The maximum absolute atomic E-state index is 10.7. The van der Waals surface area contributed by atoms with Crippen LogP contribution in [-0.2, 0) is 11.3 Å². The lowest BCUT2D eigenvalue weighted by Gasteiger charge is -2.07. The molecule has 0 radical (unpaired) electrons. The highest BCUT2D eigenvalue weighted by atomic mass is 35.5. The summed E-state index contributed by atoms with van der Waals surface area (Å²) in [6, 6.07) is 12.8. The molecule has 0 unspecified atom stereocenters. The van der Waals surface area contributed by atoms with E-state index in [1.807, 2.05) is 6.07 Å². The van der Waals surface area contributed by atoms with Gasteiger partial charge in [-0.05, 0) is 24.3 Å². The van der Waals surface area contributed by atoms with E-state index in [-0.39, 0.29) is 5.69 Å². The van der Waals surface area contributed by atoms with Crippen LogP contribution >= 0.6 is 23.2 Å². The van der Waals surface area contributed by atoms with Crippen LogP contribution in [-0.4, -0.2) is 28.4 Å². The Hall–Kier alpha value is -2.61. The van der Waals surface area contributed by atoms with Gasteiger partial charge in [-0.1, -0.05) is 29.3 Å². The van der Waals surface area contributed by atoms with Crippen LogP contribution < -0.4 is 4.74 Å². The summed E-state index contributed by atoms with van der Waals surface area (Å²) in [6.45, 7) is 0.975. The van der Waals surface area contributed by atoms with Crippen molar-refractivity contribution in [1.29, 1.82) is 0 Å². The van der Waals surface area contributed by atoms with E-state index in [2.05, 4.69) is 5.10 Å². The van der Waals surface area contributed by atoms with E-state index in [9.17, 15) is 10.1 Å². The minimum atomic E-state index is -0.467. The van der Waals surface area contributed by atoms with Gasteiger partial charge in [0.2, 0.25) is 5.88 Å². The Morgan fingerprint density at radius 1 is 1.11 bits per heavy atom. The first-order chi connectivity index (χ1) is 13.0. The molecule has 0 saturated heterocycles. The summed E-state index contributed by atoms with van der Waals surface area (Å²) in [7, 11) is 1.61. The number of nitro groups is 1. The van der Waals surface area contributed by atoms with Gasteiger partial charge in [-0.25, -0.2) is 0 Å². The van der Waals surface area contributed by atoms with Crippen molar-refractivity contribution in [2.75, 3.05) is 13.7 Å². The van der Waals surface area contributed by atoms with E-state index < -0.39 is 4.92 Å². The van der Waals surface area contributed by atoms with Gasteiger partial charge in [0.1, 0.15) is 5.75 Å². The predicted octanol–water partition coefficient (Wildman–Crippen LogP) is 5.20. The minimum absolute atomic E-state index is 0.00975. The van der Waals surface area contributed by atoms with E-state index in [1.165, 1.54) is 24.3 Å². The Morgan fingerprint density at radius 2 is 1.85 bits per heavy atom. The third-order valence-corrected chi connectivity index (χ3v) is 4.49. The summed E-state index contributed by atoms with van der Waals surface area (Å²) in [5, 5.41) is 16.1. The molecule has 9 heteroatoms. The zero-order chi connectivity index (χ0) is 19.4. The Morgan fingerprint density at radius 3 is 2.48 bits per heavy atom. The fourth-order valence-electron chi connectivity index (χ4n) is 2.44. The van der Waals surface area contributed by atoms with E-state index >= 15 is 0 Å². The monoisotopic (exact) mass is 407 g/mol. The van der Waals surface area contributed by atoms with Crippen molar-refractivity contribution in [2.45, 2.75) is 6.54 Å². The molecule has 3 aromatic rings. The molecule has 27 heavy (non-hydrogen) atoms. The number of non-ortho nitro benzene ring substituents is 1. The highest BCUT2D eigenvalue weighted by Crippen LogP contribution is 2.32. The summed E-state index contributed by atoms with van der Waals surface area (Å²) in [5.74, 6) is 0.790.